The summed E-state index contributed by atoms with van der Waals surface area (Å²) < 4.78 is 3.86. The third-order valence-corrected chi connectivity index (χ3v) is 0.614. The summed E-state index contributed by atoms with van der Waals surface area (Å²) in [6.07, 6.45) is 0. The van der Waals surface area contributed by atoms with Crippen LogP contribution in [0.15, 0.2) is 0 Å². The van der Waals surface area contributed by atoms with Crippen LogP contribution in [0, 0.1) is 5.92 Å². The number of hydrogen-bond donors (Lipinski definition) is 0. The van der Waals surface area contributed by atoms with Crippen molar-refractivity contribution in [2.75, 3.05) is 0 Å². The zero-order valence-electron chi connectivity index (χ0n) is 4.80. The highest BCUT2D eigenvalue weighted by atomic mass is 16.6. The molecule has 0 heterocycles. The van der Waals surface area contributed by atoms with Crippen molar-refractivity contribution in [1.82, 2.24) is 0 Å². The van der Waals surface area contributed by atoms with Crippen LogP contribution in [0.2, 0.25) is 0 Å². The van der Waals surface area contributed by atoms with E-state index in [-0.39, 0.29) is 5.92 Å². The number of carbonyl (C=O) groups is 1. The Labute approximate surface area is 47.6 Å². The standard InChI is InChI=1S/C5H7O3/c1-4(2)5(7)8-3-6/h4H,1-2H3. The molecule has 0 bridgehead atoms. The molecule has 0 N–H and O–H groups in total. The van der Waals surface area contributed by atoms with Crippen LogP contribution in [0.1, 0.15) is 13.8 Å². The Kier molecular flexibility index (Phi) is 2.84. The monoisotopic (exact) mass is 115 g/mol. The van der Waals surface area contributed by atoms with Gasteiger partial charge in [-0.05, 0) is 0 Å². The minimum atomic E-state index is -0.542. The van der Waals surface area contributed by atoms with Crippen LogP contribution in [0.3, 0.4) is 0 Å². The molecule has 0 aromatic heterocycles. The van der Waals surface area contributed by atoms with Crippen molar-refractivity contribution in [2.45, 2.75) is 13.8 Å². The molecule has 0 saturated carbocycles. The Morgan fingerprint density at radius 1 is 1.62 bits per heavy atom. The lowest BCUT2D eigenvalue weighted by Crippen LogP contribution is -2.09. The highest BCUT2D eigenvalue weighted by Gasteiger charge is 2.06. The van der Waals surface area contributed by atoms with Crippen LogP contribution >= 0.6 is 0 Å². The van der Waals surface area contributed by atoms with E-state index < -0.39 is 5.97 Å². The van der Waals surface area contributed by atoms with E-state index in [0.29, 0.717) is 0 Å². The minimum absolute atomic E-state index is 0.253. The number of ether oxygens (including phenoxy) is 1. The summed E-state index contributed by atoms with van der Waals surface area (Å²) in [6, 6.07) is 0. The highest BCUT2D eigenvalue weighted by molar-refractivity contribution is 5.78. The van der Waals surface area contributed by atoms with E-state index in [9.17, 15) is 9.59 Å². The fourth-order valence-electron chi connectivity index (χ4n) is 0.159. The van der Waals surface area contributed by atoms with Crippen molar-refractivity contribution < 1.29 is 14.3 Å². The van der Waals surface area contributed by atoms with Gasteiger partial charge < -0.3 is 4.74 Å². The molecule has 0 atom stereocenters. The van der Waals surface area contributed by atoms with Gasteiger partial charge in [0.15, 0.2) is 0 Å². The van der Waals surface area contributed by atoms with E-state index in [1.807, 2.05) is 0 Å². The topological polar surface area (TPSA) is 43.4 Å². The maximum atomic E-state index is 10.3. The molecule has 0 aromatic carbocycles. The van der Waals surface area contributed by atoms with E-state index in [4.69, 9.17) is 0 Å². The molecule has 3 nitrogen and oxygen atoms in total. The minimum Gasteiger partial charge on any atom is -0.384 e. The van der Waals surface area contributed by atoms with Gasteiger partial charge in [-0.2, -0.15) is 0 Å². The van der Waals surface area contributed by atoms with Crippen LogP contribution in [0.5, 0.6) is 0 Å². The normalized spacial score (nSPS) is 8.88. The molecular formula is C5H7O3. The van der Waals surface area contributed by atoms with Gasteiger partial charge >= 0.3 is 12.4 Å². The third-order valence-electron chi connectivity index (χ3n) is 0.614. The molecule has 0 amide bonds. The highest BCUT2D eigenvalue weighted by Crippen LogP contribution is 1.92. The van der Waals surface area contributed by atoms with Gasteiger partial charge in [-0.15, -0.1) is 0 Å². The van der Waals surface area contributed by atoms with Gasteiger partial charge in [0, 0.05) is 0 Å². The molecule has 0 unspecified atom stereocenters. The second-order valence-electron chi connectivity index (χ2n) is 1.66. The predicted molar refractivity (Wildman–Crippen MR) is 26.6 cm³/mol. The molecular weight excluding hydrogens is 108 g/mol. The summed E-state index contributed by atoms with van der Waals surface area (Å²) in [5.74, 6) is -0.795. The van der Waals surface area contributed by atoms with Crippen LogP contribution < -0.4 is 0 Å². The summed E-state index contributed by atoms with van der Waals surface area (Å²) in [5, 5.41) is 0. The zero-order chi connectivity index (χ0) is 6.57. The van der Waals surface area contributed by atoms with Crippen molar-refractivity contribution in [3.63, 3.8) is 0 Å². The predicted octanol–water partition coefficient (Wildman–Crippen LogP) is 0.253. The number of rotatable bonds is 2. The molecule has 1 radical (unpaired) electrons. The lowest BCUT2D eigenvalue weighted by Gasteiger charge is -1.95. The maximum Gasteiger partial charge on any atom is 0.425 e. The molecule has 0 saturated heterocycles. The summed E-state index contributed by atoms with van der Waals surface area (Å²) in [6.45, 7) is 4.33. The zero-order valence-corrected chi connectivity index (χ0v) is 4.80. The first kappa shape index (κ1) is 7.14. The first-order valence-corrected chi connectivity index (χ1v) is 2.26. The molecule has 0 aromatic rings. The first-order chi connectivity index (χ1) is 3.68. The van der Waals surface area contributed by atoms with Gasteiger partial charge in [0.25, 0.3) is 0 Å². The lowest BCUT2D eigenvalue weighted by molar-refractivity contribution is -0.138. The molecule has 0 aliphatic carbocycles. The average Bonchev–Trinajstić information content (AvgIpc) is 1.67. The first-order valence-electron chi connectivity index (χ1n) is 2.26. The summed E-state index contributed by atoms with van der Waals surface area (Å²) >= 11 is 0. The van der Waals surface area contributed by atoms with Crippen LogP contribution in [-0.2, 0) is 14.3 Å². The molecule has 0 aliphatic rings. The number of carbonyl (C=O) groups excluding carboxylic acids is 2. The fourth-order valence-corrected chi connectivity index (χ4v) is 0.159. The molecule has 0 rings (SSSR count). The van der Waals surface area contributed by atoms with Crippen LogP contribution in [0.4, 0.5) is 0 Å². The summed E-state index contributed by atoms with van der Waals surface area (Å²) in [4.78, 5) is 19.6. The van der Waals surface area contributed by atoms with Gasteiger partial charge in [0.05, 0.1) is 5.92 Å². The maximum absolute atomic E-state index is 10.3. The van der Waals surface area contributed by atoms with Gasteiger partial charge in [-0.25, -0.2) is 4.79 Å². The Balaban J connectivity index is 3.48. The van der Waals surface area contributed by atoms with E-state index >= 15 is 0 Å². The quantitative estimate of drug-likeness (QED) is 0.382. The van der Waals surface area contributed by atoms with Gasteiger partial charge in [0.1, 0.15) is 0 Å². The Morgan fingerprint density at radius 2 is 2.12 bits per heavy atom. The van der Waals surface area contributed by atoms with E-state index in [0.717, 1.165) is 6.47 Å². The largest absolute Gasteiger partial charge is 0.425 e. The van der Waals surface area contributed by atoms with Crippen molar-refractivity contribution in [3.8, 4) is 0 Å². The summed E-state index contributed by atoms with van der Waals surface area (Å²) in [7, 11) is 0. The summed E-state index contributed by atoms with van der Waals surface area (Å²) in [5.41, 5.74) is 0. The van der Waals surface area contributed by atoms with Crippen molar-refractivity contribution in [3.05, 3.63) is 0 Å². The second-order valence-corrected chi connectivity index (χ2v) is 1.66. The fraction of sp³-hybridized carbons (Fsp3) is 0.600. The smallest absolute Gasteiger partial charge is 0.384 e. The van der Waals surface area contributed by atoms with Crippen molar-refractivity contribution in [2.24, 2.45) is 5.92 Å². The van der Waals surface area contributed by atoms with Crippen LogP contribution in [0.25, 0.3) is 0 Å². The Hall–Kier alpha value is -0.860. The van der Waals surface area contributed by atoms with Gasteiger partial charge in [-0.1, -0.05) is 13.8 Å². The molecule has 0 aliphatic heterocycles. The SMILES string of the molecule is CC(C)C(=O)O[C]=O. The molecule has 8 heavy (non-hydrogen) atoms. The molecule has 0 fully saturated rings. The van der Waals surface area contributed by atoms with Gasteiger partial charge in [0.2, 0.25) is 0 Å². The van der Waals surface area contributed by atoms with E-state index in [1.165, 1.54) is 0 Å². The van der Waals surface area contributed by atoms with E-state index in [1.54, 1.807) is 13.8 Å². The van der Waals surface area contributed by atoms with Gasteiger partial charge in [-0.3, -0.25) is 4.79 Å². The molecule has 3 heteroatoms. The molecule has 45 valence electrons. The second kappa shape index (κ2) is 3.18. The molecule has 0 spiro atoms. The number of hydrogen-bond acceptors (Lipinski definition) is 3. The lowest BCUT2D eigenvalue weighted by atomic mass is 10.2. The van der Waals surface area contributed by atoms with E-state index in [2.05, 4.69) is 4.74 Å². The Morgan fingerprint density at radius 3 is 2.25 bits per heavy atom. The Bertz CT molecular complexity index is 95.8. The number of esters is 1. The average molecular weight is 115 g/mol. The van der Waals surface area contributed by atoms with Crippen LogP contribution in [-0.4, -0.2) is 12.4 Å². The third kappa shape index (κ3) is 2.34. The van der Waals surface area contributed by atoms with Crippen molar-refractivity contribution >= 4 is 12.4 Å². The van der Waals surface area contributed by atoms with Crippen molar-refractivity contribution in [1.29, 1.82) is 0 Å².